The van der Waals surface area contributed by atoms with Crippen molar-refractivity contribution in [2.75, 3.05) is 20.8 Å². The highest BCUT2D eigenvalue weighted by molar-refractivity contribution is 6.42. The highest BCUT2D eigenvalue weighted by atomic mass is 35.5. The van der Waals surface area contributed by atoms with Gasteiger partial charge in [0.2, 0.25) is 0 Å². The fourth-order valence-corrected chi connectivity index (χ4v) is 2.43. The normalized spacial score (nSPS) is 10.5. The van der Waals surface area contributed by atoms with Crippen LogP contribution in [0.4, 0.5) is 0 Å². The Labute approximate surface area is 166 Å². The molecule has 0 atom stereocenters. The highest BCUT2D eigenvalue weighted by Gasteiger charge is 2.10. The molecule has 27 heavy (non-hydrogen) atoms. The molecular formula is C18H17Cl2N3O4. The van der Waals surface area contributed by atoms with Gasteiger partial charge in [0.1, 0.15) is 0 Å². The van der Waals surface area contributed by atoms with E-state index in [0.717, 1.165) is 0 Å². The Bertz CT molecular complexity index is 872. The molecule has 2 rings (SSSR count). The van der Waals surface area contributed by atoms with E-state index < -0.39 is 11.8 Å². The van der Waals surface area contributed by atoms with E-state index in [-0.39, 0.29) is 11.6 Å². The van der Waals surface area contributed by atoms with E-state index in [1.165, 1.54) is 38.6 Å². The average molecular weight is 410 g/mol. The third kappa shape index (κ3) is 5.60. The SMILES string of the molecule is COc1cccc(/C=N\NC(=O)CNC(=O)c2ccc(Cl)c(Cl)c2)c1OC. The fraction of sp³-hybridized carbons (Fsp3) is 0.167. The second kappa shape index (κ2) is 9.80. The van der Waals surface area contributed by atoms with Gasteiger partial charge in [0, 0.05) is 11.1 Å². The number of hydrogen-bond donors (Lipinski definition) is 2. The maximum atomic E-state index is 12.0. The number of ether oxygens (including phenoxy) is 2. The monoisotopic (exact) mass is 409 g/mol. The van der Waals surface area contributed by atoms with Gasteiger partial charge in [-0.15, -0.1) is 0 Å². The molecule has 2 aromatic carbocycles. The third-order valence-corrected chi connectivity index (χ3v) is 4.16. The Morgan fingerprint density at radius 1 is 1.11 bits per heavy atom. The molecule has 0 saturated carbocycles. The molecule has 2 N–H and O–H groups in total. The van der Waals surface area contributed by atoms with Crippen LogP contribution in [-0.4, -0.2) is 38.8 Å². The summed E-state index contributed by atoms with van der Waals surface area (Å²) in [6, 6.07) is 9.70. The van der Waals surface area contributed by atoms with Gasteiger partial charge in [-0.3, -0.25) is 9.59 Å². The van der Waals surface area contributed by atoms with Gasteiger partial charge in [-0.1, -0.05) is 29.3 Å². The summed E-state index contributed by atoms with van der Waals surface area (Å²) in [5.74, 6) is 0.0799. The number of nitrogens with zero attached hydrogens (tertiary/aromatic N) is 1. The summed E-state index contributed by atoms with van der Waals surface area (Å²) in [6.45, 7) is -0.258. The van der Waals surface area contributed by atoms with E-state index in [0.29, 0.717) is 27.6 Å². The Kier molecular flexibility index (Phi) is 7.45. The van der Waals surface area contributed by atoms with Gasteiger partial charge in [-0.05, 0) is 30.3 Å². The lowest BCUT2D eigenvalue weighted by Crippen LogP contribution is -2.34. The molecule has 142 valence electrons. The van der Waals surface area contributed by atoms with Crippen molar-refractivity contribution in [3.8, 4) is 11.5 Å². The summed E-state index contributed by atoms with van der Waals surface area (Å²) >= 11 is 11.7. The van der Waals surface area contributed by atoms with E-state index in [1.807, 2.05) is 0 Å². The van der Waals surface area contributed by atoms with Crippen LogP contribution in [0.15, 0.2) is 41.5 Å². The maximum Gasteiger partial charge on any atom is 0.259 e. The van der Waals surface area contributed by atoms with Gasteiger partial charge < -0.3 is 14.8 Å². The van der Waals surface area contributed by atoms with E-state index in [4.69, 9.17) is 32.7 Å². The van der Waals surface area contributed by atoms with Crippen molar-refractivity contribution in [1.29, 1.82) is 0 Å². The minimum Gasteiger partial charge on any atom is -0.493 e. The highest BCUT2D eigenvalue weighted by Crippen LogP contribution is 2.29. The quantitative estimate of drug-likeness (QED) is 0.543. The fourth-order valence-electron chi connectivity index (χ4n) is 2.13. The minimum atomic E-state index is -0.499. The van der Waals surface area contributed by atoms with Crippen LogP contribution < -0.4 is 20.2 Å². The van der Waals surface area contributed by atoms with Crippen LogP contribution in [0.2, 0.25) is 10.0 Å². The number of hydrazone groups is 1. The molecule has 2 aromatic rings. The number of amides is 2. The Hall–Kier alpha value is -2.77. The number of halogens is 2. The molecular weight excluding hydrogens is 393 g/mol. The van der Waals surface area contributed by atoms with Crippen molar-refractivity contribution in [3.63, 3.8) is 0 Å². The summed E-state index contributed by atoms with van der Waals surface area (Å²) in [5, 5.41) is 6.91. The average Bonchev–Trinajstić information content (AvgIpc) is 2.67. The Morgan fingerprint density at radius 2 is 1.89 bits per heavy atom. The van der Waals surface area contributed by atoms with Crippen LogP contribution in [0.25, 0.3) is 0 Å². The predicted molar refractivity (Wildman–Crippen MR) is 104 cm³/mol. The Morgan fingerprint density at radius 3 is 2.56 bits per heavy atom. The summed E-state index contributed by atoms with van der Waals surface area (Å²) in [7, 11) is 3.03. The van der Waals surface area contributed by atoms with Crippen molar-refractivity contribution in [2.24, 2.45) is 5.10 Å². The van der Waals surface area contributed by atoms with Crippen molar-refractivity contribution in [2.45, 2.75) is 0 Å². The summed E-state index contributed by atoms with van der Waals surface area (Å²) in [5.41, 5.74) is 3.24. The second-order valence-corrected chi connectivity index (χ2v) is 6.00. The number of benzene rings is 2. The lowest BCUT2D eigenvalue weighted by atomic mass is 10.2. The number of nitrogens with one attached hydrogen (secondary N) is 2. The molecule has 0 fully saturated rings. The van der Waals surface area contributed by atoms with Crippen LogP contribution in [0.1, 0.15) is 15.9 Å². The van der Waals surface area contributed by atoms with Gasteiger partial charge in [-0.25, -0.2) is 5.43 Å². The Balaban J connectivity index is 1.90. The van der Waals surface area contributed by atoms with Gasteiger partial charge in [-0.2, -0.15) is 5.10 Å². The molecule has 0 unspecified atom stereocenters. The molecule has 2 amide bonds. The van der Waals surface area contributed by atoms with Gasteiger partial charge in [0.05, 0.1) is 37.0 Å². The van der Waals surface area contributed by atoms with E-state index in [1.54, 1.807) is 18.2 Å². The van der Waals surface area contributed by atoms with Gasteiger partial charge in [0.25, 0.3) is 11.8 Å². The third-order valence-electron chi connectivity index (χ3n) is 3.42. The number of carbonyl (C=O) groups excluding carboxylic acids is 2. The van der Waals surface area contributed by atoms with Crippen molar-refractivity contribution in [3.05, 3.63) is 57.6 Å². The summed E-state index contributed by atoms with van der Waals surface area (Å²) in [4.78, 5) is 23.8. The topological polar surface area (TPSA) is 89.0 Å². The molecule has 0 aromatic heterocycles. The van der Waals surface area contributed by atoms with E-state index in [2.05, 4.69) is 15.8 Å². The molecule has 0 aliphatic heterocycles. The number of hydrogen-bond acceptors (Lipinski definition) is 5. The van der Waals surface area contributed by atoms with Crippen LogP contribution in [-0.2, 0) is 4.79 Å². The zero-order valence-electron chi connectivity index (χ0n) is 14.6. The first-order valence-corrected chi connectivity index (χ1v) is 8.48. The summed E-state index contributed by atoms with van der Waals surface area (Å²) < 4.78 is 10.5. The second-order valence-electron chi connectivity index (χ2n) is 5.19. The van der Waals surface area contributed by atoms with E-state index in [9.17, 15) is 9.59 Å². The minimum absolute atomic E-state index is 0.255. The largest absolute Gasteiger partial charge is 0.493 e. The van der Waals surface area contributed by atoms with Crippen molar-refractivity contribution < 1.29 is 19.1 Å². The number of carbonyl (C=O) groups is 2. The zero-order chi connectivity index (χ0) is 19.8. The first-order valence-electron chi connectivity index (χ1n) is 7.72. The number of rotatable bonds is 7. The van der Waals surface area contributed by atoms with Crippen molar-refractivity contribution in [1.82, 2.24) is 10.7 Å². The zero-order valence-corrected chi connectivity index (χ0v) is 16.1. The summed E-state index contributed by atoms with van der Waals surface area (Å²) in [6.07, 6.45) is 1.42. The molecule has 0 bridgehead atoms. The van der Waals surface area contributed by atoms with Crippen LogP contribution >= 0.6 is 23.2 Å². The molecule has 7 nitrogen and oxygen atoms in total. The van der Waals surface area contributed by atoms with Crippen LogP contribution in [0.5, 0.6) is 11.5 Å². The van der Waals surface area contributed by atoms with Crippen LogP contribution in [0.3, 0.4) is 0 Å². The predicted octanol–water partition coefficient (Wildman–Crippen LogP) is 2.89. The number of para-hydroxylation sites is 1. The first kappa shape index (κ1) is 20.5. The molecule has 0 aliphatic rings. The molecule has 0 heterocycles. The molecule has 9 heteroatoms. The standard InChI is InChI=1S/C18H17Cl2N3O4/c1-26-15-5-3-4-12(17(15)27-2)9-22-23-16(24)10-21-18(25)11-6-7-13(19)14(20)8-11/h3-9H,10H2,1-2H3,(H,21,25)(H,23,24)/b22-9-. The van der Waals surface area contributed by atoms with E-state index >= 15 is 0 Å². The van der Waals surface area contributed by atoms with Crippen LogP contribution in [0, 0.1) is 0 Å². The lowest BCUT2D eigenvalue weighted by Gasteiger charge is -2.09. The maximum absolute atomic E-state index is 12.0. The molecule has 0 saturated heterocycles. The molecule has 0 radical (unpaired) electrons. The smallest absolute Gasteiger partial charge is 0.259 e. The first-order chi connectivity index (χ1) is 13.0. The number of methoxy groups -OCH3 is 2. The molecule has 0 spiro atoms. The van der Waals surface area contributed by atoms with Gasteiger partial charge in [0.15, 0.2) is 11.5 Å². The lowest BCUT2D eigenvalue weighted by molar-refractivity contribution is -0.120. The van der Waals surface area contributed by atoms with Crippen molar-refractivity contribution >= 4 is 41.2 Å². The van der Waals surface area contributed by atoms with Gasteiger partial charge >= 0.3 is 0 Å². The molecule has 0 aliphatic carbocycles.